The highest BCUT2D eigenvalue weighted by Crippen LogP contribution is 2.38. The van der Waals surface area contributed by atoms with Gasteiger partial charge in [0.1, 0.15) is 0 Å². The Kier molecular flexibility index (Phi) is 5.26. The molecule has 5 nitrogen and oxygen atoms in total. The fourth-order valence-electron chi connectivity index (χ4n) is 3.65. The summed E-state index contributed by atoms with van der Waals surface area (Å²) in [6.45, 7) is 1.07. The Balaban J connectivity index is 1.89. The normalized spacial score (nSPS) is 17.3. The predicted molar refractivity (Wildman–Crippen MR) is 89.2 cm³/mol. The summed E-state index contributed by atoms with van der Waals surface area (Å²) in [7, 11) is 0. The van der Waals surface area contributed by atoms with Crippen molar-refractivity contribution in [2.24, 2.45) is 0 Å². The SMILES string of the molecule is Cc1nc(C(F)(F)F)n2c1C(CCc1ccc(C(F)(F)F)cc1)N(C(=O)O)CC2. The van der Waals surface area contributed by atoms with E-state index in [1.54, 1.807) is 0 Å². The third-order valence-electron chi connectivity index (χ3n) is 4.93. The quantitative estimate of drug-likeness (QED) is 0.718. The molecule has 0 bridgehead atoms. The van der Waals surface area contributed by atoms with Gasteiger partial charge in [0.15, 0.2) is 0 Å². The van der Waals surface area contributed by atoms with Crippen molar-refractivity contribution >= 4 is 6.09 Å². The molecule has 3 rings (SSSR count). The first-order valence-electron chi connectivity index (χ1n) is 8.69. The molecular weight excluding hydrogens is 404 g/mol. The van der Waals surface area contributed by atoms with Crippen molar-refractivity contribution < 1.29 is 36.2 Å². The van der Waals surface area contributed by atoms with Crippen molar-refractivity contribution in [1.82, 2.24) is 14.5 Å². The Bertz CT molecular complexity index is 902. The average Bonchev–Trinajstić information content (AvgIpc) is 2.96. The molecule has 0 saturated heterocycles. The molecule has 0 radical (unpaired) electrons. The average molecular weight is 421 g/mol. The van der Waals surface area contributed by atoms with E-state index < -0.39 is 35.9 Å². The Morgan fingerprint density at radius 1 is 1.10 bits per heavy atom. The molecule has 2 heterocycles. The molecule has 1 aromatic carbocycles. The minimum absolute atomic E-state index is 0.0840. The van der Waals surface area contributed by atoms with Gasteiger partial charge in [-0.3, -0.25) is 4.90 Å². The van der Waals surface area contributed by atoms with Gasteiger partial charge < -0.3 is 9.67 Å². The Morgan fingerprint density at radius 3 is 2.24 bits per heavy atom. The van der Waals surface area contributed by atoms with Crippen molar-refractivity contribution in [3.05, 3.63) is 52.6 Å². The van der Waals surface area contributed by atoms with Crippen LogP contribution in [0.5, 0.6) is 0 Å². The summed E-state index contributed by atoms with van der Waals surface area (Å²) >= 11 is 0. The Labute approximate surface area is 161 Å². The molecule has 0 aliphatic carbocycles. The van der Waals surface area contributed by atoms with Crippen LogP contribution in [0.25, 0.3) is 0 Å². The highest BCUT2D eigenvalue weighted by atomic mass is 19.4. The summed E-state index contributed by atoms with van der Waals surface area (Å²) in [4.78, 5) is 16.2. The van der Waals surface area contributed by atoms with E-state index in [1.165, 1.54) is 19.1 Å². The summed E-state index contributed by atoms with van der Waals surface area (Å²) in [5, 5.41) is 9.46. The van der Waals surface area contributed by atoms with Crippen LogP contribution in [0, 0.1) is 6.92 Å². The fourth-order valence-corrected chi connectivity index (χ4v) is 3.65. The van der Waals surface area contributed by atoms with E-state index in [2.05, 4.69) is 4.98 Å². The van der Waals surface area contributed by atoms with Crippen molar-refractivity contribution in [3.8, 4) is 0 Å². The third kappa shape index (κ3) is 4.18. The van der Waals surface area contributed by atoms with E-state index in [4.69, 9.17) is 0 Å². The maximum atomic E-state index is 13.3. The zero-order chi connectivity index (χ0) is 21.6. The van der Waals surface area contributed by atoms with Crippen molar-refractivity contribution in [2.75, 3.05) is 6.54 Å². The number of carbonyl (C=O) groups is 1. The van der Waals surface area contributed by atoms with Crippen LogP contribution in [0.15, 0.2) is 24.3 Å². The molecule has 0 spiro atoms. The number of imidazole rings is 1. The monoisotopic (exact) mass is 421 g/mol. The van der Waals surface area contributed by atoms with Crippen LogP contribution in [0.4, 0.5) is 31.1 Å². The summed E-state index contributed by atoms with van der Waals surface area (Å²) < 4.78 is 78.8. The van der Waals surface area contributed by atoms with Gasteiger partial charge in [-0.05, 0) is 37.5 Å². The Hall–Kier alpha value is -2.72. The van der Waals surface area contributed by atoms with Gasteiger partial charge in [-0.2, -0.15) is 26.3 Å². The number of hydrogen-bond donors (Lipinski definition) is 1. The van der Waals surface area contributed by atoms with Gasteiger partial charge in [0.05, 0.1) is 23.0 Å². The minimum Gasteiger partial charge on any atom is -0.465 e. The van der Waals surface area contributed by atoms with Crippen molar-refractivity contribution in [1.29, 1.82) is 0 Å². The molecule has 11 heteroatoms. The third-order valence-corrected chi connectivity index (χ3v) is 4.93. The topological polar surface area (TPSA) is 58.4 Å². The second kappa shape index (κ2) is 7.27. The first-order chi connectivity index (χ1) is 13.4. The van der Waals surface area contributed by atoms with Gasteiger partial charge >= 0.3 is 18.4 Å². The van der Waals surface area contributed by atoms with Crippen LogP contribution >= 0.6 is 0 Å². The number of alkyl halides is 6. The van der Waals surface area contributed by atoms with Crippen LogP contribution in [-0.4, -0.2) is 32.2 Å². The molecule has 0 fully saturated rings. The van der Waals surface area contributed by atoms with Gasteiger partial charge in [0.25, 0.3) is 0 Å². The maximum Gasteiger partial charge on any atom is 0.449 e. The molecule has 1 N–H and O–H groups in total. The first kappa shape index (κ1) is 21.0. The summed E-state index contributed by atoms with van der Waals surface area (Å²) in [6.07, 6.45) is -10.1. The standard InChI is InChI=1S/C18H17F6N3O2/c1-10-14-13(7-4-11-2-5-12(6-3-11)17(19,20)21)26(16(28)29)8-9-27(14)15(25-10)18(22,23)24/h2-3,5-6,13H,4,7-9H2,1H3,(H,28,29). The molecule has 1 atom stereocenters. The van der Waals surface area contributed by atoms with E-state index in [1.807, 2.05) is 0 Å². The van der Waals surface area contributed by atoms with E-state index in [0.717, 1.165) is 21.6 Å². The highest BCUT2D eigenvalue weighted by Gasteiger charge is 2.42. The lowest BCUT2D eigenvalue weighted by Crippen LogP contribution is -2.42. The number of nitrogens with zero attached hydrogens (tertiary/aromatic N) is 3. The molecule has 1 unspecified atom stereocenters. The molecule has 1 aromatic heterocycles. The zero-order valence-corrected chi connectivity index (χ0v) is 15.2. The van der Waals surface area contributed by atoms with Crippen LogP contribution in [0.3, 0.4) is 0 Å². The number of carboxylic acid groups (broad SMARTS) is 1. The molecule has 29 heavy (non-hydrogen) atoms. The van der Waals surface area contributed by atoms with Crippen molar-refractivity contribution in [3.63, 3.8) is 0 Å². The van der Waals surface area contributed by atoms with Gasteiger partial charge in [-0.25, -0.2) is 9.78 Å². The van der Waals surface area contributed by atoms with Crippen LogP contribution in [0.2, 0.25) is 0 Å². The zero-order valence-electron chi connectivity index (χ0n) is 15.2. The highest BCUT2D eigenvalue weighted by molar-refractivity contribution is 5.66. The number of amides is 1. The second-order valence-corrected chi connectivity index (χ2v) is 6.78. The van der Waals surface area contributed by atoms with Crippen LogP contribution < -0.4 is 0 Å². The lowest BCUT2D eigenvalue weighted by Gasteiger charge is -2.35. The number of fused-ring (bicyclic) bond motifs is 1. The minimum atomic E-state index is -4.67. The summed E-state index contributed by atoms with van der Waals surface area (Å²) in [6, 6.07) is 3.52. The molecule has 2 aromatic rings. The van der Waals surface area contributed by atoms with E-state index in [9.17, 15) is 36.2 Å². The summed E-state index contributed by atoms with van der Waals surface area (Å²) in [5.41, 5.74) is -0.0397. The number of hydrogen-bond acceptors (Lipinski definition) is 2. The number of aryl methyl sites for hydroxylation is 2. The molecule has 158 valence electrons. The van der Waals surface area contributed by atoms with E-state index in [-0.39, 0.29) is 37.3 Å². The molecule has 1 amide bonds. The smallest absolute Gasteiger partial charge is 0.449 e. The van der Waals surface area contributed by atoms with Gasteiger partial charge in [-0.1, -0.05) is 12.1 Å². The maximum absolute atomic E-state index is 13.3. The Morgan fingerprint density at radius 2 is 1.72 bits per heavy atom. The summed E-state index contributed by atoms with van der Waals surface area (Å²) in [5.74, 6) is -1.07. The fraction of sp³-hybridized carbons (Fsp3) is 0.444. The van der Waals surface area contributed by atoms with E-state index in [0.29, 0.717) is 5.56 Å². The number of rotatable bonds is 3. The van der Waals surface area contributed by atoms with Gasteiger partial charge in [0.2, 0.25) is 5.82 Å². The van der Waals surface area contributed by atoms with Crippen LogP contribution in [0.1, 0.15) is 40.8 Å². The van der Waals surface area contributed by atoms with E-state index >= 15 is 0 Å². The lowest BCUT2D eigenvalue weighted by molar-refractivity contribution is -0.147. The predicted octanol–water partition coefficient (Wildman–Crippen LogP) is 4.90. The first-order valence-corrected chi connectivity index (χ1v) is 8.69. The molecule has 0 saturated carbocycles. The molecular formula is C18H17F6N3O2. The van der Waals surface area contributed by atoms with Crippen molar-refractivity contribution in [2.45, 2.75) is 44.7 Å². The van der Waals surface area contributed by atoms with Gasteiger partial charge in [-0.15, -0.1) is 0 Å². The van der Waals surface area contributed by atoms with Gasteiger partial charge in [0, 0.05) is 13.1 Å². The largest absolute Gasteiger partial charge is 0.465 e. The number of benzene rings is 1. The number of halogens is 6. The number of aromatic nitrogens is 2. The van der Waals surface area contributed by atoms with Crippen LogP contribution in [-0.2, 0) is 25.3 Å². The second-order valence-electron chi connectivity index (χ2n) is 6.78. The molecule has 1 aliphatic rings. The molecule has 1 aliphatic heterocycles. The lowest BCUT2D eigenvalue weighted by atomic mass is 9.98.